The molecule has 0 radical (unpaired) electrons. The fourth-order valence-corrected chi connectivity index (χ4v) is 4.86. The summed E-state index contributed by atoms with van der Waals surface area (Å²) in [5.41, 5.74) is 4.40. The van der Waals surface area contributed by atoms with E-state index in [1.54, 1.807) is 0 Å². The molecule has 2 atom stereocenters. The lowest BCUT2D eigenvalue weighted by molar-refractivity contribution is 0.742. The Balaban J connectivity index is 1.64. The molecule has 0 amide bonds. The van der Waals surface area contributed by atoms with E-state index < -0.39 is 0 Å². The molecule has 2 fully saturated rings. The summed E-state index contributed by atoms with van der Waals surface area (Å²) in [6, 6.07) is 15.6. The average molecular weight is 436 g/mol. The molecule has 1 saturated carbocycles. The topological polar surface area (TPSA) is 46.3 Å². The van der Waals surface area contributed by atoms with E-state index in [0.717, 1.165) is 64.7 Å². The van der Waals surface area contributed by atoms with Crippen molar-refractivity contribution in [3.63, 3.8) is 0 Å². The van der Waals surface area contributed by atoms with Crippen LogP contribution >= 0.6 is 23.2 Å². The van der Waals surface area contributed by atoms with E-state index in [2.05, 4.69) is 4.90 Å². The van der Waals surface area contributed by atoms with E-state index in [-0.39, 0.29) is 0 Å². The molecule has 5 nitrogen and oxygen atoms in total. The minimum Gasteiger partial charge on any atom is -0.340 e. The third-order valence-electron chi connectivity index (χ3n) is 6.10. The number of aryl methyl sites for hydroxylation is 1. The molecule has 4 aromatic rings. The van der Waals surface area contributed by atoms with E-state index in [4.69, 9.17) is 38.3 Å². The van der Waals surface area contributed by atoms with Gasteiger partial charge in [-0.15, -0.1) is 0 Å². The number of nitrogens with zero attached hydrogens (tertiary/aromatic N) is 5. The second-order valence-corrected chi connectivity index (χ2v) is 9.02. The van der Waals surface area contributed by atoms with Crippen LogP contribution in [0.2, 0.25) is 10.0 Å². The molecule has 7 heteroatoms. The predicted molar refractivity (Wildman–Crippen MR) is 120 cm³/mol. The summed E-state index contributed by atoms with van der Waals surface area (Å²) in [7, 11) is 0. The van der Waals surface area contributed by atoms with Gasteiger partial charge in [0.05, 0.1) is 10.6 Å². The van der Waals surface area contributed by atoms with Gasteiger partial charge in [0.15, 0.2) is 5.65 Å². The maximum absolute atomic E-state index is 6.58. The largest absolute Gasteiger partial charge is 0.340 e. The van der Waals surface area contributed by atoms with Gasteiger partial charge in [-0.2, -0.15) is 14.6 Å². The highest BCUT2D eigenvalue weighted by molar-refractivity contribution is 6.33. The number of anilines is 1. The van der Waals surface area contributed by atoms with Crippen LogP contribution in [-0.2, 0) is 0 Å². The van der Waals surface area contributed by atoms with Crippen LogP contribution in [0.25, 0.3) is 28.0 Å². The lowest BCUT2D eigenvalue weighted by Gasteiger charge is -2.19. The molecule has 2 aliphatic rings. The summed E-state index contributed by atoms with van der Waals surface area (Å²) in [6.45, 7) is 4.01. The fraction of sp³-hybridized carbons (Fsp3) is 0.261. The third kappa shape index (κ3) is 2.88. The maximum Gasteiger partial charge on any atom is 0.230 e. The van der Waals surface area contributed by atoms with E-state index in [1.807, 2.05) is 60.0 Å². The van der Waals surface area contributed by atoms with Gasteiger partial charge >= 0.3 is 0 Å². The number of hydrogen-bond acceptors (Lipinski definition) is 4. The summed E-state index contributed by atoms with van der Waals surface area (Å²) in [4.78, 5) is 11.9. The minimum atomic E-state index is 0.657. The van der Waals surface area contributed by atoms with E-state index >= 15 is 0 Å². The molecule has 0 N–H and O–H groups in total. The van der Waals surface area contributed by atoms with Gasteiger partial charge in [0.1, 0.15) is 11.5 Å². The zero-order chi connectivity index (χ0) is 20.4. The molecule has 1 aliphatic carbocycles. The van der Waals surface area contributed by atoms with Crippen LogP contribution in [-0.4, -0.2) is 32.7 Å². The predicted octanol–water partition coefficient (Wildman–Crippen LogP) is 5.53. The van der Waals surface area contributed by atoms with E-state index in [0.29, 0.717) is 10.0 Å². The normalized spacial score (nSPS) is 20.0. The molecule has 6 rings (SSSR count). The van der Waals surface area contributed by atoms with Crippen LogP contribution < -0.4 is 4.90 Å². The van der Waals surface area contributed by atoms with Gasteiger partial charge in [-0.3, -0.25) is 0 Å². The highest BCUT2D eigenvalue weighted by atomic mass is 35.5. The molecule has 2 aromatic heterocycles. The highest BCUT2D eigenvalue weighted by Crippen LogP contribution is 2.46. The van der Waals surface area contributed by atoms with Gasteiger partial charge < -0.3 is 4.90 Å². The minimum absolute atomic E-state index is 0.657. The monoisotopic (exact) mass is 435 g/mol. The highest BCUT2D eigenvalue weighted by Gasteiger charge is 2.46. The molecule has 0 bridgehead atoms. The molecule has 2 unspecified atom stereocenters. The second kappa shape index (κ2) is 6.69. The van der Waals surface area contributed by atoms with Crippen LogP contribution in [0.3, 0.4) is 0 Å². The molecule has 3 heterocycles. The Bertz CT molecular complexity index is 1270. The SMILES string of the molecule is Cc1nc(N2CC3CC3C2)n2nc(-c3ccccc3Cl)c(-c3ccc(Cl)cc3)c2n1. The van der Waals surface area contributed by atoms with Crippen molar-refractivity contribution < 1.29 is 0 Å². The summed E-state index contributed by atoms with van der Waals surface area (Å²) >= 11 is 12.7. The first-order valence-corrected chi connectivity index (χ1v) is 10.9. The van der Waals surface area contributed by atoms with Gasteiger partial charge in [-0.1, -0.05) is 53.5 Å². The van der Waals surface area contributed by atoms with Crippen LogP contribution in [0.5, 0.6) is 0 Å². The molecule has 150 valence electrons. The zero-order valence-electron chi connectivity index (χ0n) is 16.4. The Morgan fingerprint density at radius 1 is 0.933 bits per heavy atom. The Morgan fingerprint density at radius 2 is 1.67 bits per heavy atom. The first-order valence-electron chi connectivity index (χ1n) is 10.1. The first kappa shape index (κ1) is 18.2. The quantitative estimate of drug-likeness (QED) is 0.424. The zero-order valence-corrected chi connectivity index (χ0v) is 17.9. The number of piperidine rings is 1. The summed E-state index contributed by atoms with van der Waals surface area (Å²) < 4.78 is 1.89. The van der Waals surface area contributed by atoms with Crippen molar-refractivity contribution in [2.45, 2.75) is 13.3 Å². The van der Waals surface area contributed by atoms with Crippen LogP contribution in [0.4, 0.5) is 5.95 Å². The molecule has 30 heavy (non-hydrogen) atoms. The number of fused-ring (bicyclic) bond motifs is 2. The Kier molecular flexibility index (Phi) is 4.05. The fourth-order valence-electron chi connectivity index (χ4n) is 4.51. The Morgan fingerprint density at radius 3 is 2.40 bits per heavy atom. The van der Waals surface area contributed by atoms with Gasteiger partial charge in [-0.25, -0.2) is 4.98 Å². The second-order valence-electron chi connectivity index (χ2n) is 8.18. The first-order chi connectivity index (χ1) is 14.6. The Hall–Kier alpha value is -2.63. The van der Waals surface area contributed by atoms with Gasteiger partial charge in [-0.05, 0) is 48.9 Å². The van der Waals surface area contributed by atoms with Gasteiger partial charge in [0.2, 0.25) is 5.95 Å². The molecule has 2 aromatic carbocycles. The van der Waals surface area contributed by atoms with Gasteiger partial charge in [0.25, 0.3) is 0 Å². The number of benzene rings is 2. The number of hydrogen-bond donors (Lipinski definition) is 0. The van der Waals surface area contributed by atoms with Crippen molar-refractivity contribution >= 4 is 34.8 Å². The summed E-state index contributed by atoms with van der Waals surface area (Å²) in [5, 5.41) is 6.35. The van der Waals surface area contributed by atoms with E-state index in [9.17, 15) is 0 Å². The van der Waals surface area contributed by atoms with E-state index in [1.165, 1.54) is 6.42 Å². The standard InChI is InChI=1S/C23H19Cl2N5/c1-13-26-22-20(14-6-8-17(24)9-7-14)21(18-4-2-3-5-19(18)25)28-30(22)23(27-13)29-11-15-10-16(15)12-29/h2-9,15-16H,10-12H2,1H3. The number of aromatic nitrogens is 4. The lowest BCUT2D eigenvalue weighted by Crippen LogP contribution is -2.26. The lowest BCUT2D eigenvalue weighted by atomic mass is 10.0. The molecular weight excluding hydrogens is 417 g/mol. The summed E-state index contributed by atoms with van der Waals surface area (Å²) in [6.07, 6.45) is 1.34. The van der Waals surface area contributed by atoms with Crippen LogP contribution in [0.1, 0.15) is 12.2 Å². The summed E-state index contributed by atoms with van der Waals surface area (Å²) in [5.74, 6) is 3.19. The van der Waals surface area contributed by atoms with Crippen molar-refractivity contribution in [2.24, 2.45) is 11.8 Å². The average Bonchev–Trinajstić information content (AvgIpc) is 3.17. The smallest absolute Gasteiger partial charge is 0.230 e. The molecular formula is C23H19Cl2N5. The number of halogens is 2. The molecule has 0 spiro atoms. The van der Waals surface area contributed by atoms with Crippen molar-refractivity contribution in [3.05, 3.63) is 64.4 Å². The molecule has 1 saturated heterocycles. The van der Waals surface area contributed by atoms with Gasteiger partial charge in [0, 0.05) is 23.7 Å². The van der Waals surface area contributed by atoms with Crippen molar-refractivity contribution in [3.8, 4) is 22.4 Å². The van der Waals surface area contributed by atoms with Crippen molar-refractivity contribution in [1.82, 2.24) is 19.6 Å². The van der Waals surface area contributed by atoms with Crippen molar-refractivity contribution in [1.29, 1.82) is 0 Å². The Labute approximate surface area is 184 Å². The van der Waals surface area contributed by atoms with Crippen LogP contribution in [0.15, 0.2) is 48.5 Å². The van der Waals surface area contributed by atoms with Crippen LogP contribution in [0, 0.1) is 18.8 Å². The number of rotatable bonds is 3. The molecule has 1 aliphatic heterocycles. The van der Waals surface area contributed by atoms with Crippen molar-refractivity contribution in [2.75, 3.05) is 18.0 Å². The maximum atomic E-state index is 6.58. The third-order valence-corrected chi connectivity index (χ3v) is 6.69.